The minimum atomic E-state index is -0.700. The van der Waals surface area contributed by atoms with Crippen molar-refractivity contribution >= 4 is 22.1 Å². The highest BCUT2D eigenvalue weighted by Gasteiger charge is 2.14. The number of aliphatic hydroxyl groups is 1. The number of anilines is 1. The number of likely N-dealkylation sites (N-methyl/N-ethyl adjacent to an activating group) is 1. The maximum Gasteiger partial charge on any atom is 0.306 e. The fourth-order valence-corrected chi connectivity index (χ4v) is 2.78. The van der Waals surface area contributed by atoms with Gasteiger partial charge in [-0.1, -0.05) is 36.4 Å². The van der Waals surface area contributed by atoms with Crippen LogP contribution in [0.2, 0.25) is 0 Å². The van der Waals surface area contributed by atoms with Crippen LogP contribution >= 0.6 is 0 Å². The molecule has 0 amide bonds. The van der Waals surface area contributed by atoms with Crippen molar-refractivity contribution in [2.75, 3.05) is 18.5 Å². The number of hydrogen-bond donors (Lipinski definition) is 1. The highest BCUT2D eigenvalue weighted by molar-refractivity contribution is 5.94. The van der Waals surface area contributed by atoms with E-state index in [-0.39, 0.29) is 12.2 Å². The average molecular weight is 326 g/mol. The first kappa shape index (κ1) is 15.9. The quantitative estimate of drug-likeness (QED) is 0.555. The van der Waals surface area contributed by atoms with E-state index in [1.54, 1.807) is 0 Å². The van der Waals surface area contributed by atoms with E-state index in [2.05, 4.69) is 5.10 Å². The zero-order valence-corrected chi connectivity index (χ0v) is 13.2. The molecular formula is C17H18N4O3. The van der Waals surface area contributed by atoms with Gasteiger partial charge in [-0.25, -0.2) is 0 Å². The summed E-state index contributed by atoms with van der Waals surface area (Å²) in [6.07, 6.45) is 1.80. The summed E-state index contributed by atoms with van der Waals surface area (Å²) in [4.78, 5) is 12.1. The highest BCUT2D eigenvalue weighted by Crippen LogP contribution is 2.25. The Morgan fingerprint density at radius 2 is 2.04 bits per heavy atom. The van der Waals surface area contributed by atoms with Crippen LogP contribution in [-0.2, 0) is 6.54 Å². The number of hydrogen-bond acceptors (Lipinski definition) is 5. The van der Waals surface area contributed by atoms with Gasteiger partial charge in [-0.3, -0.25) is 14.8 Å². The van der Waals surface area contributed by atoms with Gasteiger partial charge in [0.2, 0.25) is 0 Å². The van der Waals surface area contributed by atoms with Crippen LogP contribution in [0.25, 0.3) is 10.8 Å². The lowest BCUT2D eigenvalue weighted by Gasteiger charge is -2.24. The van der Waals surface area contributed by atoms with E-state index in [0.717, 1.165) is 16.5 Å². The molecule has 0 fully saturated rings. The minimum Gasteiger partial charge on any atom is -0.389 e. The van der Waals surface area contributed by atoms with Crippen LogP contribution in [-0.4, -0.2) is 39.5 Å². The monoisotopic (exact) mass is 326 g/mol. The lowest BCUT2D eigenvalue weighted by Crippen LogP contribution is -2.32. The molecule has 0 bridgehead atoms. The molecule has 0 unspecified atom stereocenters. The second-order valence-corrected chi connectivity index (χ2v) is 5.71. The summed E-state index contributed by atoms with van der Waals surface area (Å²) in [5.41, 5.74) is 0.947. The third-order valence-electron chi connectivity index (χ3n) is 3.89. The molecule has 0 radical (unpaired) electrons. The molecule has 1 atom stereocenters. The number of aromatic nitrogens is 2. The fraction of sp³-hybridized carbons (Fsp3) is 0.235. The van der Waals surface area contributed by atoms with Gasteiger partial charge in [0.05, 0.1) is 17.6 Å². The Balaban J connectivity index is 1.71. The van der Waals surface area contributed by atoms with Crippen molar-refractivity contribution in [2.24, 2.45) is 0 Å². The molecule has 124 valence electrons. The van der Waals surface area contributed by atoms with Crippen LogP contribution in [0, 0.1) is 10.1 Å². The van der Waals surface area contributed by atoms with Crippen LogP contribution < -0.4 is 4.90 Å². The summed E-state index contributed by atoms with van der Waals surface area (Å²) < 4.78 is 1.39. The zero-order valence-electron chi connectivity index (χ0n) is 13.2. The van der Waals surface area contributed by atoms with E-state index in [4.69, 9.17) is 0 Å². The van der Waals surface area contributed by atoms with E-state index in [9.17, 15) is 15.2 Å². The number of nitro groups is 1. The van der Waals surface area contributed by atoms with Crippen molar-refractivity contribution in [2.45, 2.75) is 12.6 Å². The molecular weight excluding hydrogens is 308 g/mol. The summed E-state index contributed by atoms with van der Waals surface area (Å²) >= 11 is 0. The molecule has 1 heterocycles. The average Bonchev–Trinajstić information content (AvgIpc) is 3.02. The van der Waals surface area contributed by atoms with Crippen LogP contribution in [0.15, 0.2) is 54.9 Å². The van der Waals surface area contributed by atoms with Gasteiger partial charge in [0.15, 0.2) is 0 Å². The Morgan fingerprint density at radius 3 is 2.79 bits per heavy atom. The molecule has 3 rings (SSSR count). The zero-order chi connectivity index (χ0) is 17.1. The number of nitrogens with zero attached hydrogens (tertiary/aromatic N) is 4. The summed E-state index contributed by atoms with van der Waals surface area (Å²) in [5, 5.41) is 27.1. The van der Waals surface area contributed by atoms with Gasteiger partial charge in [-0.2, -0.15) is 5.10 Å². The molecule has 0 aliphatic carbocycles. The van der Waals surface area contributed by atoms with Crippen molar-refractivity contribution in [1.29, 1.82) is 0 Å². The first-order valence-corrected chi connectivity index (χ1v) is 7.58. The largest absolute Gasteiger partial charge is 0.389 e. The van der Waals surface area contributed by atoms with E-state index >= 15 is 0 Å². The van der Waals surface area contributed by atoms with E-state index in [1.807, 2.05) is 54.4 Å². The van der Waals surface area contributed by atoms with Crippen molar-refractivity contribution in [3.63, 3.8) is 0 Å². The standard InChI is InChI=1S/C17H18N4O3/c1-19(17-8-4-6-13-5-2-3-7-16(13)17)11-15(22)12-20-10-14(9-18-20)21(23)24/h2-10,15,22H,11-12H2,1H3/t15-/m0/s1. The highest BCUT2D eigenvalue weighted by atomic mass is 16.6. The first-order chi connectivity index (χ1) is 11.5. The molecule has 3 aromatic rings. The van der Waals surface area contributed by atoms with Gasteiger partial charge in [-0.15, -0.1) is 0 Å². The van der Waals surface area contributed by atoms with Crippen molar-refractivity contribution in [3.05, 3.63) is 65.0 Å². The summed E-state index contributed by atoms with van der Waals surface area (Å²) in [6.45, 7) is 0.588. The molecule has 0 spiro atoms. The molecule has 7 nitrogen and oxygen atoms in total. The predicted molar refractivity (Wildman–Crippen MR) is 92.1 cm³/mol. The second-order valence-electron chi connectivity index (χ2n) is 5.71. The van der Waals surface area contributed by atoms with Gasteiger partial charge >= 0.3 is 5.69 Å². The normalized spacial score (nSPS) is 12.2. The van der Waals surface area contributed by atoms with E-state index in [1.165, 1.54) is 17.1 Å². The van der Waals surface area contributed by atoms with Crippen LogP contribution in [0.5, 0.6) is 0 Å². The predicted octanol–water partition coefficient (Wildman–Crippen LogP) is 2.44. The molecule has 0 aliphatic rings. The Kier molecular flexibility index (Phi) is 4.43. The topological polar surface area (TPSA) is 84.4 Å². The summed E-state index contributed by atoms with van der Waals surface area (Å²) in [6, 6.07) is 14.1. The van der Waals surface area contributed by atoms with Gasteiger partial charge in [-0.05, 0) is 11.5 Å². The molecule has 7 heteroatoms. The number of fused-ring (bicyclic) bond motifs is 1. The van der Waals surface area contributed by atoms with Gasteiger partial charge in [0, 0.05) is 24.7 Å². The maximum absolute atomic E-state index is 10.7. The second kappa shape index (κ2) is 6.67. The molecule has 0 aliphatic heterocycles. The van der Waals surface area contributed by atoms with Gasteiger partial charge < -0.3 is 10.0 Å². The van der Waals surface area contributed by atoms with Crippen LogP contribution in [0.4, 0.5) is 11.4 Å². The minimum absolute atomic E-state index is 0.0791. The number of aliphatic hydroxyl groups excluding tert-OH is 1. The van der Waals surface area contributed by atoms with Gasteiger partial charge in [0.25, 0.3) is 0 Å². The van der Waals surface area contributed by atoms with Gasteiger partial charge in [0.1, 0.15) is 12.4 Å². The number of rotatable bonds is 6. The molecule has 2 aromatic carbocycles. The molecule has 0 saturated carbocycles. The van der Waals surface area contributed by atoms with Crippen molar-refractivity contribution in [1.82, 2.24) is 9.78 Å². The SMILES string of the molecule is CN(C[C@H](O)Cn1cc([N+](=O)[O-])cn1)c1cccc2ccccc12. The lowest BCUT2D eigenvalue weighted by molar-refractivity contribution is -0.385. The first-order valence-electron chi connectivity index (χ1n) is 7.58. The lowest BCUT2D eigenvalue weighted by atomic mass is 10.1. The Bertz CT molecular complexity index is 856. The summed E-state index contributed by atoms with van der Waals surface area (Å²) in [7, 11) is 1.91. The Morgan fingerprint density at radius 1 is 1.29 bits per heavy atom. The molecule has 0 saturated heterocycles. The third kappa shape index (κ3) is 3.36. The van der Waals surface area contributed by atoms with E-state index < -0.39 is 11.0 Å². The van der Waals surface area contributed by atoms with E-state index in [0.29, 0.717) is 6.54 Å². The third-order valence-corrected chi connectivity index (χ3v) is 3.89. The Hall–Kier alpha value is -2.93. The summed E-state index contributed by atoms with van der Waals surface area (Å²) in [5.74, 6) is 0. The van der Waals surface area contributed by atoms with Crippen LogP contribution in [0.1, 0.15) is 0 Å². The van der Waals surface area contributed by atoms with Crippen molar-refractivity contribution in [3.8, 4) is 0 Å². The molecule has 1 aromatic heterocycles. The Labute approximate surface area is 138 Å². The molecule has 24 heavy (non-hydrogen) atoms. The number of benzene rings is 2. The van der Waals surface area contributed by atoms with Crippen molar-refractivity contribution < 1.29 is 10.0 Å². The molecule has 1 N–H and O–H groups in total. The smallest absolute Gasteiger partial charge is 0.306 e. The van der Waals surface area contributed by atoms with Crippen LogP contribution in [0.3, 0.4) is 0 Å². The maximum atomic E-state index is 10.7. The fourth-order valence-electron chi connectivity index (χ4n) is 2.78.